The van der Waals surface area contributed by atoms with Crippen molar-refractivity contribution in [1.82, 2.24) is 15.1 Å². The maximum Gasteiger partial charge on any atom is 0.131 e. The van der Waals surface area contributed by atoms with Crippen molar-refractivity contribution in [3.63, 3.8) is 0 Å². The number of halogens is 2. The highest BCUT2D eigenvalue weighted by Crippen LogP contribution is 2.13. The van der Waals surface area contributed by atoms with Crippen molar-refractivity contribution in [1.29, 1.82) is 0 Å². The minimum absolute atomic E-state index is 0.0376. The fourth-order valence-corrected chi connectivity index (χ4v) is 1.68. The third-order valence-corrected chi connectivity index (χ3v) is 2.63. The van der Waals surface area contributed by atoms with E-state index in [1.165, 1.54) is 22.9 Å². The van der Waals surface area contributed by atoms with Gasteiger partial charge in [0.2, 0.25) is 0 Å². The molecular weight excluding hydrogens is 236 g/mol. The van der Waals surface area contributed by atoms with Gasteiger partial charge in [-0.15, -0.1) is 0 Å². The topological polar surface area (TPSA) is 29.9 Å². The molecule has 0 saturated heterocycles. The molecule has 2 aromatic rings. The Balaban J connectivity index is 2.11. The third kappa shape index (κ3) is 2.92. The van der Waals surface area contributed by atoms with E-state index in [9.17, 15) is 8.78 Å². The van der Waals surface area contributed by atoms with E-state index in [1.807, 2.05) is 13.0 Å². The predicted molar refractivity (Wildman–Crippen MR) is 65.1 cm³/mol. The van der Waals surface area contributed by atoms with Crippen molar-refractivity contribution < 1.29 is 8.78 Å². The molecule has 1 N–H and O–H groups in total. The lowest BCUT2D eigenvalue weighted by atomic mass is 10.2. The average molecular weight is 251 g/mol. The van der Waals surface area contributed by atoms with Gasteiger partial charge in [0, 0.05) is 18.3 Å². The summed E-state index contributed by atoms with van der Waals surface area (Å²) >= 11 is 0. The van der Waals surface area contributed by atoms with Crippen LogP contribution in [0.1, 0.15) is 18.2 Å². The van der Waals surface area contributed by atoms with Crippen LogP contribution in [0.3, 0.4) is 0 Å². The Bertz CT molecular complexity index is 502. The van der Waals surface area contributed by atoms with E-state index in [0.717, 1.165) is 12.2 Å². The molecule has 2 rings (SSSR count). The van der Waals surface area contributed by atoms with E-state index < -0.39 is 11.6 Å². The maximum atomic E-state index is 13.5. The van der Waals surface area contributed by atoms with Gasteiger partial charge in [-0.2, -0.15) is 5.10 Å². The lowest BCUT2D eigenvalue weighted by molar-refractivity contribution is 0.530. The molecule has 0 aliphatic carbocycles. The highest BCUT2D eigenvalue weighted by atomic mass is 19.1. The van der Waals surface area contributed by atoms with Crippen molar-refractivity contribution >= 4 is 0 Å². The van der Waals surface area contributed by atoms with E-state index >= 15 is 0 Å². The first-order valence-electron chi connectivity index (χ1n) is 5.86. The van der Waals surface area contributed by atoms with Gasteiger partial charge in [-0.05, 0) is 24.7 Å². The van der Waals surface area contributed by atoms with Crippen molar-refractivity contribution in [3.05, 3.63) is 53.4 Å². The number of hydrogen-bond acceptors (Lipinski definition) is 2. The molecule has 0 atom stereocenters. The van der Waals surface area contributed by atoms with Gasteiger partial charge < -0.3 is 5.32 Å². The van der Waals surface area contributed by atoms with E-state index in [-0.39, 0.29) is 12.1 Å². The first kappa shape index (κ1) is 12.7. The van der Waals surface area contributed by atoms with Crippen molar-refractivity contribution in [2.24, 2.45) is 0 Å². The van der Waals surface area contributed by atoms with Crippen molar-refractivity contribution in [3.8, 4) is 0 Å². The van der Waals surface area contributed by atoms with Crippen LogP contribution in [0.2, 0.25) is 0 Å². The monoisotopic (exact) mass is 251 g/mol. The largest absolute Gasteiger partial charge is 0.311 e. The summed E-state index contributed by atoms with van der Waals surface area (Å²) in [7, 11) is 0. The fourth-order valence-electron chi connectivity index (χ4n) is 1.68. The van der Waals surface area contributed by atoms with Crippen LogP contribution in [0.5, 0.6) is 0 Å². The minimum Gasteiger partial charge on any atom is -0.311 e. The summed E-state index contributed by atoms with van der Waals surface area (Å²) in [5, 5.41) is 7.39. The molecule has 0 fully saturated rings. The Labute approximate surface area is 104 Å². The molecule has 1 heterocycles. The standard InChI is InChI=1S/C13H15F2N3/c1-2-16-8-10-6-7-18(17-10)9-11-12(14)4-3-5-13(11)15/h3-7,16H,2,8-9H2,1H3. The molecule has 3 nitrogen and oxygen atoms in total. The zero-order valence-corrected chi connectivity index (χ0v) is 10.2. The van der Waals surface area contributed by atoms with Crippen LogP contribution < -0.4 is 5.32 Å². The van der Waals surface area contributed by atoms with Gasteiger partial charge in [-0.25, -0.2) is 8.78 Å². The summed E-state index contributed by atoms with van der Waals surface area (Å²) in [6.07, 6.45) is 1.72. The van der Waals surface area contributed by atoms with Crippen LogP contribution in [0, 0.1) is 11.6 Å². The van der Waals surface area contributed by atoms with Crippen LogP contribution in [-0.4, -0.2) is 16.3 Å². The van der Waals surface area contributed by atoms with Crippen LogP contribution in [-0.2, 0) is 13.1 Å². The molecule has 0 bridgehead atoms. The zero-order valence-electron chi connectivity index (χ0n) is 10.2. The Hall–Kier alpha value is -1.75. The Morgan fingerprint density at radius 1 is 1.22 bits per heavy atom. The van der Waals surface area contributed by atoms with Crippen LogP contribution in [0.4, 0.5) is 8.78 Å². The second-order valence-corrected chi connectivity index (χ2v) is 3.99. The van der Waals surface area contributed by atoms with Crippen molar-refractivity contribution in [2.45, 2.75) is 20.0 Å². The Morgan fingerprint density at radius 2 is 1.94 bits per heavy atom. The number of hydrogen-bond donors (Lipinski definition) is 1. The smallest absolute Gasteiger partial charge is 0.131 e. The van der Waals surface area contributed by atoms with E-state index in [1.54, 1.807) is 6.20 Å². The molecule has 0 amide bonds. The molecular formula is C13H15F2N3. The summed E-state index contributed by atoms with van der Waals surface area (Å²) in [5.74, 6) is -1.09. The molecule has 0 radical (unpaired) electrons. The minimum atomic E-state index is -0.543. The quantitative estimate of drug-likeness (QED) is 0.883. The van der Waals surface area contributed by atoms with E-state index in [4.69, 9.17) is 0 Å². The maximum absolute atomic E-state index is 13.5. The molecule has 96 valence electrons. The SMILES string of the molecule is CCNCc1ccn(Cc2c(F)cccc2F)n1. The van der Waals surface area contributed by atoms with Crippen LogP contribution in [0.15, 0.2) is 30.5 Å². The summed E-state index contributed by atoms with van der Waals surface area (Å²) in [6, 6.07) is 5.69. The summed E-state index contributed by atoms with van der Waals surface area (Å²) in [5.41, 5.74) is 0.893. The number of nitrogens with zero attached hydrogens (tertiary/aromatic N) is 2. The number of nitrogens with one attached hydrogen (secondary N) is 1. The number of benzene rings is 1. The molecule has 1 aromatic carbocycles. The first-order chi connectivity index (χ1) is 8.70. The van der Waals surface area contributed by atoms with E-state index in [0.29, 0.717) is 6.54 Å². The predicted octanol–water partition coefficient (Wildman–Crippen LogP) is 2.32. The second kappa shape index (κ2) is 5.73. The Morgan fingerprint density at radius 3 is 2.61 bits per heavy atom. The molecule has 0 unspecified atom stereocenters. The van der Waals surface area contributed by atoms with Gasteiger partial charge >= 0.3 is 0 Å². The second-order valence-electron chi connectivity index (χ2n) is 3.99. The molecule has 5 heteroatoms. The molecule has 1 aromatic heterocycles. The van der Waals surface area contributed by atoms with Crippen LogP contribution in [0.25, 0.3) is 0 Å². The summed E-state index contributed by atoms with van der Waals surface area (Å²) in [4.78, 5) is 0. The highest BCUT2D eigenvalue weighted by Gasteiger charge is 2.09. The van der Waals surface area contributed by atoms with Gasteiger partial charge in [-0.3, -0.25) is 4.68 Å². The number of aromatic nitrogens is 2. The normalized spacial score (nSPS) is 10.8. The Kier molecular flexibility index (Phi) is 4.04. The van der Waals surface area contributed by atoms with Gasteiger partial charge in [0.05, 0.1) is 12.2 Å². The van der Waals surface area contributed by atoms with Crippen molar-refractivity contribution in [2.75, 3.05) is 6.54 Å². The highest BCUT2D eigenvalue weighted by molar-refractivity contribution is 5.20. The van der Waals surface area contributed by atoms with E-state index in [2.05, 4.69) is 10.4 Å². The molecule has 0 saturated carbocycles. The zero-order chi connectivity index (χ0) is 13.0. The van der Waals surface area contributed by atoms with Gasteiger partial charge in [0.1, 0.15) is 11.6 Å². The molecule has 0 spiro atoms. The van der Waals surface area contributed by atoms with Crippen LogP contribution >= 0.6 is 0 Å². The lowest BCUT2D eigenvalue weighted by Crippen LogP contribution is -2.13. The molecule has 0 aliphatic heterocycles. The van der Waals surface area contributed by atoms with Gasteiger partial charge in [-0.1, -0.05) is 13.0 Å². The average Bonchev–Trinajstić information content (AvgIpc) is 2.79. The first-order valence-corrected chi connectivity index (χ1v) is 5.86. The number of rotatable bonds is 5. The lowest BCUT2D eigenvalue weighted by Gasteiger charge is -2.05. The third-order valence-electron chi connectivity index (χ3n) is 2.63. The van der Waals surface area contributed by atoms with Gasteiger partial charge in [0.15, 0.2) is 0 Å². The summed E-state index contributed by atoms with van der Waals surface area (Å²) < 4.78 is 28.4. The summed E-state index contributed by atoms with van der Waals surface area (Å²) in [6.45, 7) is 3.62. The fraction of sp³-hybridized carbons (Fsp3) is 0.308. The molecule has 18 heavy (non-hydrogen) atoms. The van der Waals surface area contributed by atoms with Gasteiger partial charge in [0.25, 0.3) is 0 Å². The molecule has 0 aliphatic rings.